The lowest BCUT2D eigenvalue weighted by Gasteiger charge is -2.34. The number of carbonyl (C=O) groups excluding carboxylic acids is 1. The van der Waals surface area contributed by atoms with Crippen LogP contribution in [0.5, 0.6) is 0 Å². The SMILES string of the molecule is CC(C)(C)OC(=O)N1CCc2c(cc(-c3cccnc3)c(=O)n2CC2CCC2)C1. The van der Waals surface area contributed by atoms with Gasteiger partial charge in [-0.1, -0.05) is 12.5 Å². The van der Waals surface area contributed by atoms with Gasteiger partial charge in [0, 0.05) is 48.7 Å². The second kappa shape index (κ2) is 7.65. The first-order valence-corrected chi connectivity index (χ1v) is 10.5. The van der Waals surface area contributed by atoms with Crippen molar-refractivity contribution in [3.05, 3.63) is 52.2 Å². The van der Waals surface area contributed by atoms with Crippen molar-refractivity contribution in [3.8, 4) is 11.1 Å². The molecule has 4 rings (SSSR count). The number of carbonyl (C=O) groups is 1. The maximum atomic E-state index is 13.3. The molecule has 1 fully saturated rings. The van der Waals surface area contributed by atoms with Gasteiger partial charge in [-0.25, -0.2) is 4.79 Å². The number of pyridine rings is 2. The lowest BCUT2D eigenvalue weighted by molar-refractivity contribution is 0.0221. The third-order valence-electron chi connectivity index (χ3n) is 5.76. The molecule has 0 aromatic carbocycles. The van der Waals surface area contributed by atoms with E-state index in [1.54, 1.807) is 17.3 Å². The highest BCUT2D eigenvalue weighted by molar-refractivity contribution is 5.69. The summed E-state index contributed by atoms with van der Waals surface area (Å²) in [7, 11) is 0. The molecule has 2 aromatic heterocycles. The Morgan fingerprint density at radius 3 is 2.72 bits per heavy atom. The van der Waals surface area contributed by atoms with Gasteiger partial charge in [0.25, 0.3) is 5.56 Å². The van der Waals surface area contributed by atoms with Gasteiger partial charge < -0.3 is 14.2 Å². The van der Waals surface area contributed by atoms with Crippen molar-refractivity contribution < 1.29 is 9.53 Å². The maximum absolute atomic E-state index is 13.3. The molecule has 6 heteroatoms. The Balaban J connectivity index is 1.72. The van der Waals surface area contributed by atoms with Crippen molar-refractivity contribution in [3.63, 3.8) is 0 Å². The van der Waals surface area contributed by atoms with Crippen LogP contribution in [0.4, 0.5) is 4.79 Å². The van der Waals surface area contributed by atoms with Gasteiger partial charge in [-0.15, -0.1) is 0 Å². The summed E-state index contributed by atoms with van der Waals surface area (Å²) in [6.45, 7) is 7.42. The van der Waals surface area contributed by atoms with Crippen LogP contribution in [-0.2, 0) is 24.2 Å². The fourth-order valence-electron chi connectivity index (χ4n) is 4.06. The molecule has 6 nitrogen and oxygen atoms in total. The molecule has 0 N–H and O–H groups in total. The molecule has 0 saturated heterocycles. The van der Waals surface area contributed by atoms with Crippen LogP contribution in [0.15, 0.2) is 35.4 Å². The molecule has 0 radical (unpaired) electrons. The van der Waals surface area contributed by atoms with E-state index >= 15 is 0 Å². The van der Waals surface area contributed by atoms with Crippen LogP contribution in [0.2, 0.25) is 0 Å². The number of rotatable bonds is 3. The highest BCUT2D eigenvalue weighted by Crippen LogP contribution is 2.30. The van der Waals surface area contributed by atoms with Crippen LogP contribution < -0.4 is 5.56 Å². The van der Waals surface area contributed by atoms with E-state index in [0.717, 1.165) is 23.4 Å². The van der Waals surface area contributed by atoms with Crippen molar-refractivity contribution >= 4 is 6.09 Å². The van der Waals surface area contributed by atoms with E-state index in [4.69, 9.17) is 4.74 Å². The van der Waals surface area contributed by atoms with E-state index in [2.05, 4.69) is 4.98 Å². The maximum Gasteiger partial charge on any atom is 0.410 e. The highest BCUT2D eigenvalue weighted by atomic mass is 16.6. The highest BCUT2D eigenvalue weighted by Gasteiger charge is 2.29. The zero-order valence-electron chi connectivity index (χ0n) is 17.5. The molecule has 29 heavy (non-hydrogen) atoms. The van der Waals surface area contributed by atoms with Crippen molar-refractivity contribution in [2.45, 2.75) is 65.1 Å². The third-order valence-corrected chi connectivity index (χ3v) is 5.76. The molecule has 1 aliphatic heterocycles. The summed E-state index contributed by atoms with van der Waals surface area (Å²) in [5.41, 5.74) is 3.09. The van der Waals surface area contributed by atoms with Crippen LogP contribution >= 0.6 is 0 Å². The van der Waals surface area contributed by atoms with E-state index < -0.39 is 5.60 Å². The zero-order chi connectivity index (χ0) is 20.6. The Bertz CT molecular complexity index is 956. The molecule has 0 spiro atoms. The second-order valence-corrected chi connectivity index (χ2v) is 9.14. The van der Waals surface area contributed by atoms with Crippen LogP contribution in [-0.4, -0.2) is 32.7 Å². The number of nitrogens with zero attached hydrogens (tertiary/aromatic N) is 3. The molecule has 1 amide bonds. The lowest BCUT2D eigenvalue weighted by Crippen LogP contribution is -2.42. The summed E-state index contributed by atoms with van der Waals surface area (Å²) in [5, 5.41) is 0. The van der Waals surface area contributed by atoms with E-state index in [1.807, 2.05) is 43.5 Å². The molecule has 3 heterocycles. The van der Waals surface area contributed by atoms with Crippen LogP contribution in [0.25, 0.3) is 11.1 Å². The normalized spacial score (nSPS) is 16.9. The number of hydrogen-bond donors (Lipinski definition) is 0. The minimum absolute atomic E-state index is 0.0503. The van der Waals surface area contributed by atoms with E-state index in [1.165, 1.54) is 19.3 Å². The predicted octanol–water partition coefficient (Wildman–Crippen LogP) is 4.00. The summed E-state index contributed by atoms with van der Waals surface area (Å²) in [5.74, 6) is 0.574. The molecular weight excluding hydrogens is 366 g/mol. The second-order valence-electron chi connectivity index (χ2n) is 9.14. The molecule has 0 bridgehead atoms. The van der Waals surface area contributed by atoms with Crippen molar-refractivity contribution in [1.29, 1.82) is 0 Å². The summed E-state index contributed by atoms with van der Waals surface area (Å²) in [6.07, 6.45) is 7.41. The molecule has 2 aromatic rings. The molecule has 154 valence electrons. The van der Waals surface area contributed by atoms with Gasteiger partial charge in [0.1, 0.15) is 5.60 Å². The van der Waals surface area contributed by atoms with E-state index in [0.29, 0.717) is 31.0 Å². The molecule has 1 aliphatic carbocycles. The van der Waals surface area contributed by atoms with Gasteiger partial charge in [-0.2, -0.15) is 0 Å². The van der Waals surface area contributed by atoms with Crippen molar-refractivity contribution in [2.24, 2.45) is 5.92 Å². The Morgan fingerprint density at radius 2 is 2.10 bits per heavy atom. The molecule has 2 aliphatic rings. The Morgan fingerprint density at radius 1 is 1.31 bits per heavy atom. The number of hydrogen-bond acceptors (Lipinski definition) is 4. The van der Waals surface area contributed by atoms with Gasteiger partial charge in [0.2, 0.25) is 0 Å². The van der Waals surface area contributed by atoms with Crippen LogP contribution in [0.1, 0.15) is 51.3 Å². The topological polar surface area (TPSA) is 64.4 Å². The summed E-state index contributed by atoms with van der Waals surface area (Å²) in [6, 6.07) is 5.71. The predicted molar refractivity (Wildman–Crippen MR) is 112 cm³/mol. The fourth-order valence-corrected chi connectivity index (χ4v) is 4.06. The van der Waals surface area contributed by atoms with Crippen LogP contribution in [0, 0.1) is 5.92 Å². The van der Waals surface area contributed by atoms with Gasteiger partial charge in [-0.05, 0) is 57.2 Å². The lowest BCUT2D eigenvalue weighted by atomic mass is 9.85. The first-order chi connectivity index (χ1) is 13.8. The smallest absolute Gasteiger partial charge is 0.410 e. The Hall–Kier alpha value is -2.63. The summed E-state index contributed by atoms with van der Waals surface area (Å²) in [4.78, 5) is 31.9. The number of fused-ring (bicyclic) bond motifs is 1. The van der Waals surface area contributed by atoms with Gasteiger partial charge in [-0.3, -0.25) is 9.78 Å². The Labute approximate surface area is 171 Å². The standard InChI is InChI=1S/C23H29N3O3/c1-23(2,3)29-22(28)25-11-9-20-18(15-25)12-19(17-8-5-10-24-13-17)21(27)26(20)14-16-6-4-7-16/h5,8,10,12-13,16H,4,6-7,9,11,14-15H2,1-3H3. The molecular formula is C23H29N3O3. The van der Waals surface area contributed by atoms with Gasteiger partial charge >= 0.3 is 6.09 Å². The van der Waals surface area contributed by atoms with Crippen LogP contribution in [0.3, 0.4) is 0 Å². The minimum atomic E-state index is -0.527. The monoisotopic (exact) mass is 395 g/mol. The molecule has 0 atom stereocenters. The van der Waals surface area contributed by atoms with Gasteiger partial charge in [0.05, 0.1) is 6.54 Å². The van der Waals surface area contributed by atoms with Crippen molar-refractivity contribution in [2.75, 3.05) is 6.54 Å². The first-order valence-electron chi connectivity index (χ1n) is 10.5. The molecule has 0 unspecified atom stereocenters. The average Bonchev–Trinajstić information content (AvgIpc) is 2.64. The number of amides is 1. The summed E-state index contributed by atoms with van der Waals surface area (Å²) < 4.78 is 7.53. The Kier molecular flexibility index (Phi) is 5.19. The van der Waals surface area contributed by atoms with Gasteiger partial charge in [0.15, 0.2) is 0 Å². The summed E-state index contributed by atoms with van der Waals surface area (Å²) >= 11 is 0. The number of aromatic nitrogens is 2. The third kappa shape index (κ3) is 4.21. The fraction of sp³-hybridized carbons (Fsp3) is 0.522. The van der Waals surface area contributed by atoms with E-state index in [-0.39, 0.29) is 11.7 Å². The first kappa shape index (κ1) is 19.7. The van der Waals surface area contributed by atoms with Crippen molar-refractivity contribution in [1.82, 2.24) is 14.5 Å². The van der Waals surface area contributed by atoms with E-state index in [9.17, 15) is 9.59 Å². The molecule has 1 saturated carbocycles. The quantitative estimate of drug-likeness (QED) is 0.788. The average molecular weight is 396 g/mol. The zero-order valence-corrected chi connectivity index (χ0v) is 17.5. The minimum Gasteiger partial charge on any atom is -0.444 e. The largest absolute Gasteiger partial charge is 0.444 e. The number of ether oxygens (including phenoxy) is 1.